The van der Waals surface area contributed by atoms with Crippen molar-refractivity contribution in [3.05, 3.63) is 29.3 Å². The molecule has 2 amide bonds. The molecule has 7 heteroatoms. The number of hydrogen-bond donors (Lipinski definition) is 3. The Hall–Kier alpha value is -2.70. The van der Waals surface area contributed by atoms with Gasteiger partial charge in [-0.3, -0.25) is 9.59 Å². The number of hydrazone groups is 1. The Morgan fingerprint density at radius 1 is 1.47 bits per heavy atom. The van der Waals surface area contributed by atoms with Crippen LogP contribution < -0.4 is 11.2 Å². The maximum Gasteiger partial charge on any atom is 0.255 e. The largest absolute Gasteiger partial charge is 0.345 e. The predicted octanol–water partition coefficient (Wildman–Crippen LogP) is 0.269. The normalized spacial score (nSPS) is 10.7. The van der Waals surface area contributed by atoms with E-state index in [-0.39, 0.29) is 11.6 Å². The minimum absolute atomic E-state index is 0.241. The fraction of sp³-hybridized carbons (Fsp3) is 0.167. The van der Waals surface area contributed by atoms with Gasteiger partial charge < -0.3 is 21.5 Å². The first-order chi connectivity index (χ1) is 9.04. The molecule has 0 aromatic heterocycles. The van der Waals surface area contributed by atoms with Gasteiger partial charge >= 0.3 is 0 Å². The minimum Gasteiger partial charge on any atom is -0.345 e. The van der Waals surface area contributed by atoms with E-state index in [4.69, 9.17) is 11.3 Å². The molecular formula is C12H15N5O2. The van der Waals surface area contributed by atoms with Gasteiger partial charge in [0, 0.05) is 25.9 Å². The summed E-state index contributed by atoms with van der Waals surface area (Å²) in [6.45, 7) is 0. The van der Waals surface area contributed by atoms with Crippen molar-refractivity contribution in [2.24, 2.45) is 10.9 Å². The molecule has 0 saturated carbocycles. The molecule has 100 valence electrons. The Morgan fingerprint density at radius 2 is 2.16 bits per heavy atom. The number of nitrogens with one attached hydrogen (secondary N) is 2. The number of rotatable bonds is 5. The molecular weight excluding hydrogens is 246 g/mol. The Kier molecular flexibility index (Phi) is 4.76. The highest BCUT2D eigenvalue weighted by molar-refractivity contribution is 6.37. The van der Waals surface area contributed by atoms with Crippen LogP contribution in [0.2, 0.25) is 0 Å². The lowest BCUT2D eigenvalue weighted by Gasteiger charge is -2.14. The van der Waals surface area contributed by atoms with Gasteiger partial charge in [-0.25, -0.2) is 0 Å². The van der Waals surface area contributed by atoms with Crippen molar-refractivity contribution >= 4 is 29.9 Å². The summed E-state index contributed by atoms with van der Waals surface area (Å²) in [5, 5.41) is 13.1. The van der Waals surface area contributed by atoms with E-state index >= 15 is 0 Å². The van der Waals surface area contributed by atoms with Crippen molar-refractivity contribution in [3.8, 4) is 0 Å². The number of hydrogen-bond acceptors (Lipinski definition) is 5. The van der Waals surface area contributed by atoms with Crippen LogP contribution in [-0.4, -0.2) is 43.2 Å². The van der Waals surface area contributed by atoms with Gasteiger partial charge in [0.2, 0.25) is 6.41 Å². The quantitative estimate of drug-likeness (QED) is 0.306. The van der Waals surface area contributed by atoms with E-state index in [2.05, 4.69) is 10.4 Å². The van der Waals surface area contributed by atoms with Gasteiger partial charge in [-0.1, -0.05) is 6.07 Å². The summed E-state index contributed by atoms with van der Waals surface area (Å²) >= 11 is 0. The number of carbonyl (C=O) groups is 2. The van der Waals surface area contributed by atoms with Crippen LogP contribution in [0.15, 0.2) is 23.3 Å². The van der Waals surface area contributed by atoms with Crippen molar-refractivity contribution in [1.82, 2.24) is 4.90 Å². The molecule has 0 aliphatic heterocycles. The highest BCUT2D eigenvalue weighted by Gasteiger charge is 2.15. The van der Waals surface area contributed by atoms with Crippen molar-refractivity contribution in [1.29, 1.82) is 5.41 Å². The Bertz CT molecular complexity index is 537. The van der Waals surface area contributed by atoms with Crippen LogP contribution in [-0.2, 0) is 4.79 Å². The Balaban J connectivity index is 3.37. The van der Waals surface area contributed by atoms with Gasteiger partial charge in [-0.2, -0.15) is 5.10 Å². The lowest BCUT2D eigenvalue weighted by Crippen LogP contribution is -2.23. The second-order valence-electron chi connectivity index (χ2n) is 3.88. The molecule has 0 heterocycles. The van der Waals surface area contributed by atoms with Crippen LogP contribution in [0.1, 0.15) is 15.9 Å². The molecule has 0 unspecified atom stereocenters. The first kappa shape index (κ1) is 14.4. The summed E-state index contributed by atoms with van der Waals surface area (Å²) in [5.41, 5.74) is 1.46. The number of nitrogens with zero attached hydrogens (tertiary/aromatic N) is 2. The van der Waals surface area contributed by atoms with E-state index in [9.17, 15) is 9.59 Å². The van der Waals surface area contributed by atoms with Crippen molar-refractivity contribution in [3.63, 3.8) is 0 Å². The maximum absolute atomic E-state index is 12.0. The average Bonchev–Trinajstić information content (AvgIpc) is 2.41. The zero-order valence-corrected chi connectivity index (χ0v) is 10.7. The number of nitrogens with two attached hydrogens (primary N) is 1. The third kappa shape index (κ3) is 3.15. The van der Waals surface area contributed by atoms with Gasteiger partial charge in [0.25, 0.3) is 5.91 Å². The van der Waals surface area contributed by atoms with Crippen molar-refractivity contribution in [2.45, 2.75) is 0 Å². The molecule has 0 aliphatic carbocycles. The smallest absolute Gasteiger partial charge is 0.255 e. The van der Waals surface area contributed by atoms with Gasteiger partial charge in [-0.15, -0.1) is 0 Å². The molecule has 0 saturated heterocycles. The van der Waals surface area contributed by atoms with Crippen LogP contribution in [0.5, 0.6) is 0 Å². The molecule has 0 bridgehead atoms. The fourth-order valence-electron chi connectivity index (χ4n) is 1.51. The van der Waals surface area contributed by atoms with E-state index in [1.807, 2.05) is 0 Å². The fourth-order valence-corrected chi connectivity index (χ4v) is 1.51. The van der Waals surface area contributed by atoms with Crippen LogP contribution >= 0.6 is 0 Å². The van der Waals surface area contributed by atoms with E-state index in [0.29, 0.717) is 23.2 Å². The summed E-state index contributed by atoms with van der Waals surface area (Å²) in [6, 6.07) is 4.72. The number of amides is 2. The molecule has 0 spiro atoms. The van der Waals surface area contributed by atoms with Gasteiger partial charge in [0.1, 0.15) is 5.71 Å². The van der Waals surface area contributed by atoms with E-state index in [1.165, 1.54) is 11.0 Å². The molecule has 19 heavy (non-hydrogen) atoms. The van der Waals surface area contributed by atoms with Crippen molar-refractivity contribution in [2.75, 3.05) is 19.4 Å². The predicted molar refractivity (Wildman–Crippen MR) is 73.7 cm³/mol. The van der Waals surface area contributed by atoms with Crippen molar-refractivity contribution < 1.29 is 9.59 Å². The summed E-state index contributed by atoms with van der Waals surface area (Å²) in [6.07, 6.45) is 1.49. The monoisotopic (exact) mass is 261 g/mol. The van der Waals surface area contributed by atoms with E-state index in [1.54, 1.807) is 26.2 Å². The Morgan fingerprint density at radius 3 is 2.63 bits per heavy atom. The number of benzene rings is 1. The van der Waals surface area contributed by atoms with Gasteiger partial charge in [0.05, 0.1) is 11.3 Å². The molecule has 1 aromatic carbocycles. The molecule has 0 radical (unpaired) electrons. The average molecular weight is 261 g/mol. The minimum atomic E-state index is -0.271. The molecule has 7 nitrogen and oxygen atoms in total. The molecule has 0 atom stereocenters. The summed E-state index contributed by atoms with van der Waals surface area (Å²) < 4.78 is 0. The van der Waals surface area contributed by atoms with Crippen LogP contribution in [0, 0.1) is 5.41 Å². The van der Waals surface area contributed by atoms with Gasteiger partial charge in [0.15, 0.2) is 0 Å². The van der Waals surface area contributed by atoms with E-state index in [0.717, 1.165) is 6.21 Å². The first-order valence-corrected chi connectivity index (χ1v) is 5.39. The second-order valence-corrected chi connectivity index (χ2v) is 3.88. The highest BCUT2D eigenvalue weighted by atomic mass is 16.2. The highest BCUT2D eigenvalue weighted by Crippen LogP contribution is 2.19. The Labute approximate surface area is 110 Å². The SMILES string of the molecule is CN(C)C(=O)c1cc(/C(C=N)=N/N)ccc1NC=O. The zero-order chi connectivity index (χ0) is 14.4. The topological polar surface area (TPSA) is 112 Å². The van der Waals surface area contributed by atoms with E-state index < -0.39 is 0 Å². The van der Waals surface area contributed by atoms with Gasteiger partial charge in [-0.05, 0) is 12.1 Å². The third-order valence-electron chi connectivity index (χ3n) is 2.44. The van der Waals surface area contributed by atoms with Crippen LogP contribution in [0.4, 0.5) is 5.69 Å². The second kappa shape index (κ2) is 6.29. The summed E-state index contributed by atoms with van der Waals surface area (Å²) in [4.78, 5) is 24.0. The molecule has 1 rings (SSSR count). The maximum atomic E-state index is 12.0. The lowest BCUT2D eigenvalue weighted by molar-refractivity contribution is -0.105. The first-order valence-electron chi connectivity index (χ1n) is 5.39. The summed E-state index contributed by atoms with van der Waals surface area (Å²) in [7, 11) is 3.21. The number of carbonyl (C=O) groups excluding carboxylic acids is 2. The molecule has 4 N–H and O–H groups in total. The molecule has 0 aliphatic rings. The third-order valence-corrected chi connectivity index (χ3v) is 2.44. The summed E-state index contributed by atoms with van der Waals surface area (Å²) in [5.74, 6) is 4.90. The number of anilines is 1. The molecule has 1 aromatic rings. The van der Waals surface area contributed by atoms with Crippen LogP contribution in [0.3, 0.4) is 0 Å². The van der Waals surface area contributed by atoms with Crippen LogP contribution in [0.25, 0.3) is 0 Å². The zero-order valence-electron chi connectivity index (χ0n) is 10.7. The standard InChI is InChI=1S/C12H15N5O2/c1-17(2)12(19)9-5-8(11(6-13)16-14)3-4-10(9)15-7-18/h3-7,13H,14H2,1-2H3,(H,15,18)/b13-6?,16-11+. The molecule has 0 fully saturated rings. The lowest BCUT2D eigenvalue weighted by atomic mass is 10.0.